The predicted octanol–water partition coefficient (Wildman–Crippen LogP) is 5.28. The third-order valence-corrected chi connectivity index (χ3v) is 5.28. The van der Waals surface area contributed by atoms with E-state index >= 15 is 0 Å². The molecule has 0 aliphatic heterocycles. The van der Waals surface area contributed by atoms with Crippen LogP contribution in [-0.2, 0) is 17.6 Å². The molecule has 2 aromatic carbocycles. The van der Waals surface area contributed by atoms with Crippen LogP contribution in [0, 0.1) is 0 Å². The van der Waals surface area contributed by atoms with Crippen molar-refractivity contribution in [3.05, 3.63) is 83.8 Å². The third-order valence-electron chi connectivity index (χ3n) is 5.28. The molecule has 0 unspecified atom stereocenters. The summed E-state index contributed by atoms with van der Waals surface area (Å²) in [6.45, 7) is 0. The Bertz CT molecular complexity index is 1180. The summed E-state index contributed by atoms with van der Waals surface area (Å²) in [5, 5.41) is 4.55. The van der Waals surface area contributed by atoms with E-state index in [4.69, 9.17) is 9.47 Å². The molecule has 0 aliphatic carbocycles. The number of aromatic nitrogens is 2. The average molecular weight is 415 g/mol. The number of hydrogen-bond acceptors (Lipinski definition) is 5. The summed E-state index contributed by atoms with van der Waals surface area (Å²) in [6, 6.07) is 18.0. The van der Waals surface area contributed by atoms with Gasteiger partial charge in [0.15, 0.2) is 0 Å². The van der Waals surface area contributed by atoms with Crippen molar-refractivity contribution in [2.45, 2.75) is 19.3 Å². The van der Waals surface area contributed by atoms with E-state index in [1.165, 1.54) is 23.6 Å². The Hall–Kier alpha value is -3.80. The van der Waals surface area contributed by atoms with E-state index in [1.54, 1.807) is 19.4 Å². The lowest BCUT2D eigenvalue weighted by molar-refractivity contribution is 0.0594. The van der Waals surface area contributed by atoms with Gasteiger partial charge >= 0.3 is 5.97 Å². The minimum Gasteiger partial charge on any atom is -0.497 e. The largest absolute Gasteiger partial charge is 0.497 e. The Morgan fingerprint density at radius 3 is 2.61 bits per heavy atom. The van der Waals surface area contributed by atoms with Gasteiger partial charge in [0, 0.05) is 40.7 Å². The van der Waals surface area contributed by atoms with Crippen molar-refractivity contribution in [2.24, 2.45) is 0 Å². The summed E-state index contributed by atoms with van der Waals surface area (Å²) < 4.78 is 10.0. The van der Waals surface area contributed by atoms with Gasteiger partial charge in [0.05, 0.1) is 14.2 Å². The number of esters is 1. The second-order valence-electron chi connectivity index (χ2n) is 7.32. The minimum atomic E-state index is -0.451. The van der Waals surface area contributed by atoms with Crippen molar-refractivity contribution in [1.82, 2.24) is 9.97 Å². The van der Waals surface area contributed by atoms with Crippen LogP contribution in [0.3, 0.4) is 0 Å². The Morgan fingerprint density at radius 1 is 1.00 bits per heavy atom. The van der Waals surface area contributed by atoms with E-state index in [0.29, 0.717) is 0 Å². The highest BCUT2D eigenvalue weighted by Crippen LogP contribution is 2.25. The fraction of sp³-hybridized carbons (Fsp3) is 0.200. The van der Waals surface area contributed by atoms with Crippen molar-refractivity contribution < 1.29 is 14.3 Å². The first-order valence-corrected chi connectivity index (χ1v) is 10.2. The van der Waals surface area contributed by atoms with Crippen LogP contribution in [0.15, 0.2) is 67.0 Å². The van der Waals surface area contributed by atoms with Gasteiger partial charge < -0.3 is 19.8 Å². The number of carbonyl (C=O) groups is 1. The molecule has 2 N–H and O–H groups in total. The number of pyridine rings is 1. The van der Waals surface area contributed by atoms with Crippen molar-refractivity contribution in [1.29, 1.82) is 0 Å². The topological polar surface area (TPSA) is 76.2 Å². The van der Waals surface area contributed by atoms with E-state index < -0.39 is 5.97 Å². The number of fused-ring (bicyclic) bond motifs is 1. The molecular weight excluding hydrogens is 390 g/mol. The van der Waals surface area contributed by atoms with Crippen LogP contribution in [-0.4, -0.2) is 30.2 Å². The number of methoxy groups -OCH3 is 2. The zero-order chi connectivity index (χ0) is 21.6. The van der Waals surface area contributed by atoms with Crippen molar-refractivity contribution in [3.8, 4) is 5.75 Å². The van der Waals surface area contributed by atoms with Crippen LogP contribution in [0.2, 0.25) is 0 Å². The molecule has 0 saturated heterocycles. The number of anilines is 2. The molecule has 2 heterocycles. The quantitative estimate of drug-likeness (QED) is 0.383. The van der Waals surface area contributed by atoms with Crippen LogP contribution in [0.4, 0.5) is 11.4 Å². The molecule has 4 aromatic rings. The number of aryl methyl sites for hydroxylation is 2. The van der Waals surface area contributed by atoms with E-state index in [1.807, 2.05) is 30.3 Å². The first kappa shape index (κ1) is 20.5. The van der Waals surface area contributed by atoms with Gasteiger partial charge in [-0.25, -0.2) is 9.78 Å². The molecule has 0 amide bonds. The SMILES string of the molecule is COC(=O)c1cc(Nc2ccc(CCCc3c[nH]c4cc(OC)ccc34)cc2)ccn1. The first-order valence-electron chi connectivity index (χ1n) is 10.2. The Balaban J connectivity index is 1.33. The van der Waals surface area contributed by atoms with Crippen molar-refractivity contribution in [2.75, 3.05) is 19.5 Å². The lowest BCUT2D eigenvalue weighted by Gasteiger charge is -2.08. The van der Waals surface area contributed by atoms with Crippen LogP contribution in [0.5, 0.6) is 5.75 Å². The molecule has 2 aromatic heterocycles. The summed E-state index contributed by atoms with van der Waals surface area (Å²) >= 11 is 0. The molecule has 0 radical (unpaired) electrons. The van der Waals surface area contributed by atoms with Gasteiger partial charge in [-0.1, -0.05) is 12.1 Å². The molecule has 0 bridgehead atoms. The van der Waals surface area contributed by atoms with Gasteiger partial charge in [-0.3, -0.25) is 0 Å². The second kappa shape index (κ2) is 9.34. The van der Waals surface area contributed by atoms with Gasteiger partial charge in [-0.05, 0) is 66.8 Å². The van der Waals surface area contributed by atoms with Gasteiger partial charge in [-0.2, -0.15) is 0 Å². The van der Waals surface area contributed by atoms with Gasteiger partial charge in [0.1, 0.15) is 11.4 Å². The normalized spacial score (nSPS) is 10.8. The molecule has 0 fully saturated rings. The molecule has 0 atom stereocenters. The van der Waals surface area contributed by atoms with Gasteiger partial charge in [-0.15, -0.1) is 0 Å². The molecule has 158 valence electrons. The summed E-state index contributed by atoms with van der Waals surface area (Å²) in [4.78, 5) is 19.0. The molecule has 0 saturated carbocycles. The summed E-state index contributed by atoms with van der Waals surface area (Å²) in [7, 11) is 3.03. The lowest BCUT2D eigenvalue weighted by atomic mass is 10.0. The number of nitrogens with one attached hydrogen (secondary N) is 2. The molecule has 0 spiro atoms. The number of ether oxygens (including phenoxy) is 2. The molecule has 6 nitrogen and oxygen atoms in total. The summed E-state index contributed by atoms with van der Waals surface area (Å²) in [5.74, 6) is 0.413. The zero-order valence-corrected chi connectivity index (χ0v) is 17.6. The molecule has 4 rings (SSSR count). The first-order chi connectivity index (χ1) is 15.2. The minimum absolute atomic E-state index is 0.278. The second-order valence-corrected chi connectivity index (χ2v) is 7.32. The van der Waals surface area contributed by atoms with Crippen LogP contribution < -0.4 is 10.1 Å². The molecule has 6 heteroatoms. The highest BCUT2D eigenvalue weighted by molar-refractivity contribution is 5.88. The number of benzene rings is 2. The summed E-state index contributed by atoms with van der Waals surface area (Å²) in [6.07, 6.45) is 6.77. The maximum absolute atomic E-state index is 11.6. The van der Waals surface area contributed by atoms with Gasteiger partial charge in [0.25, 0.3) is 0 Å². The van der Waals surface area contributed by atoms with Crippen molar-refractivity contribution >= 4 is 28.2 Å². The van der Waals surface area contributed by atoms with E-state index in [9.17, 15) is 4.79 Å². The number of H-pyrrole nitrogens is 1. The monoisotopic (exact) mass is 415 g/mol. The highest BCUT2D eigenvalue weighted by atomic mass is 16.5. The fourth-order valence-corrected chi connectivity index (χ4v) is 3.63. The van der Waals surface area contributed by atoms with E-state index in [0.717, 1.165) is 41.9 Å². The number of rotatable bonds is 8. The Kier molecular flexibility index (Phi) is 6.17. The molecule has 0 aliphatic rings. The molecule has 31 heavy (non-hydrogen) atoms. The zero-order valence-electron chi connectivity index (χ0n) is 17.6. The summed E-state index contributed by atoms with van der Waals surface area (Å²) in [5.41, 5.74) is 5.75. The number of hydrogen-bond donors (Lipinski definition) is 2. The van der Waals surface area contributed by atoms with Crippen LogP contribution >= 0.6 is 0 Å². The number of carbonyl (C=O) groups excluding carboxylic acids is 1. The maximum Gasteiger partial charge on any atom is 0.356 e. The Labute approximate surface area is 181 Å². The van der Waals surface area contributed by atoms with Crippen LogP contribution in [0.25, 0.3) is 10.9 Å². The van der Waals surface area contributed by atoms with E-state index in [2.05, 4.69) is 39.7 Å². The van der Waals surface area contributed by atoms with Gasteiger partial charge in [0.2, 0.25) is 0 Å². The predicted molar refractivity (Wildman–Crippen MR) is 122 cm³/mol. The number of nitrogens with zero attached hydrogens (tertiary/aromatic N) is 1. The smallest absolute Gasteiger partial charge is 0.356 e. The molecular formula is C25H25N3O3. The standard InChI is InChI=1S/C25H25N3O3/c1-30-21-10-11-22-18(16-27-23(22)15-21)5-3-4-17-6-8-19(9-7-17)28-20-12-13-26-24(14-20)25(29)31-2/h6-16,27H,3-5H2,1-2H3,(H,26,28). The van der Waals surface area contributed by atoms with E-state index in [-0.39, 0.29) is 5.69 Å². The Morgan fingerprint density at radius 2 is 1.84 bits per heavy atom. The third kappa shape index (κ3) is 4.86. The highest BCUT2D eigenvalue weighted by Gasteiger charge is 2.08. The fourth-order valence-electron chi connectivity index (χ4n) is 3.63. The average Bonchev–Trinajstić information content (AvgIpc) is 3.22. The number of aromatic amines is 1. The lowest BCUT2D eigenvalue weighted by Crippen LogP contribution is -2.04. The maximum atomic E-state index is 11.6. The van der Waals surface area contributed by atoms with Crippen molar-refractivity contribution in [3.63, 3.8) is 0 Å². The van der Waals surface area contributed by atoms with Crippen LogP contribution in [0.1, 0.15) is 28.0 Å².